The number of hydrogen-bond acceptors (Lipinski definition) is 6. The summed E-state index contributed by atoms with van der Waals surface area (Å²) < 4.78 is 123. The molecule has 1 heterocycles. The van der Waals surface area contributed by atoms with Crippen molar-refractivity contribution in [1.82, 2.24) is 0 Å². The van der Waals surface area contributed by atoms with Gasteiger partial charge in [0.1, 0.15) is 18.5 Å². The molecule has 226 valence electrons. The second kappa shape index (κ2) is 11.3. The molecule has 0 aliphatic carbocycles. The monoisotopic (exact) mass is 636 g/mol. The van der Waals surface area contributed by atoms with Gasteiger partial charge in [0.05, 0.1) is 43.8 Å². The van der Waals surface area contributed by atoms with Gasteiger partial charge in [0, 0.05) is 7.05 Å². The molecule has 1 amide bonds. The van der Waals surface area contributed by atoms with Crippen LogP contribution in [0.1, 0.15) is 46.5 Å². The molecule has 0 saturated heterocycles. The van der Waals surface area contributed by atoms with E-state index in [0.29, 0.717) is 23.3 Å². The third kappa shape index (κ3) is 6.93. The number of halogens is 7. The largest absolute Gasteiger partial charge is 0.416 e. The van der Waals surface area contributed by atoms with Crippen LogP contribution in [-0.2, 0) is 43.5 Å². The summed E-state index contributed by atoms with van der Waals surface area (Å²) in [5.41, 5.74) is -5.41. The standard InChI is InChI=1S/C27H23F7N2O4S2/c1-14-8-18(28)6-7-19(14)23-22(20(12-35)21(41-23)13-40-42(5,38)39)36(4)24(37)25(2,3)15-9-16(26(29,30)31)11-17(10-15)27(32,33)34/h6-11H,13H2,1-5H3. The van der Waals surface area contributed by atoms with E-state index < -0.39 is 62.9 Å². The zero-order valence-electron chi connectivity index (χ0n) is 22.7. The first-order valence-corrected chi connectivity index (χ1v) is 14.5. The summed E-state index contributed by atoms with van der Waals surface area (Å²) in [6, 6.07) is 6.37. The van der Waals surface area contributed by atoms with Crippen molar-refractivity contribution in [3.63, 3.8) is 0 Å². The number of benzene rings is 2. The lowest BCUT2D eigenvalue weighted by Gasteiger charge is -2.31. The van der Waals surface area contributed by atoms with Crippen LogP contribution in [0.2, 0.25) is 0 Å². The molecule has 0 radical (unpaired) electrons. The van der Waals surface area contributed by atoms with Crippen molar-refractivity contribution < 1.29 is 48.1 Å². The summed E-state index contributed by atoms with van der Waals surface area (Å²) in [6.07, 6.45) is -9.52. The van der Waals surface area contributed by atoms with E-state index in [4.69, 9.17) is 4.18 Å². The second-order valence-electron chi connectivity index (χ2n) is 9.90. The summed E-state index contributed by atoms with van der Waals surface area (Å²) in [7, 11) is -2.80. The van der Waals surface area contributed by atoms with Gasteiger partial charge in [0.25, 0.3) is 10.1 Å². The Morgan fingerprint density at radius 1 is 1.00 bits per heavy atom. The van der Waals surface area contributed by atoms with Gasteiger partial charge >= 0.3 is 12.4 Å². The SMILES string of the molecule is Cc1cc(F)ccc1-c1sc(COS(C)(=O)=O)c(C#N)c1N(C)C(=O)C(C)(C)c1cc(C(F)(F)F)cc(C(F)(F)F)c1. The van der Waals surface area contributed by atoms with Crippen LogP contribution in [0.3, 0.4) is 0 Å². The van der Waals surface area contributed by atoms with E-state index in [1.165, 1.54) is 26.1 Å². The minimum Gasteiger partial charge on any atom is -0.312 e. The first-order chi connectivity index (χ1) is 19.1. The quantitative estimate of drug-likeness (QED) is 0.203. The van der Waals surface area contributed by atoms with Gasteiger partial charge in [-0.3, -0.25) is 8.98 Å². The molecular formula is C27H23F7N2O4S2. The van der Waals surface area contributed by atoms with E-state index in [0.717, 1.165) is 42.4 Å². The van der Waals surface area contributed by atoms with Gasteiger partial charge in [-0.25, -0.2) is 4.39 Å². The van der Waals surface area contributed by atoms with Gasteiger partial charge in [0.15, 0.2) is 0 Å². The fourth-order valence-corrected chi connectivity index (χ4v) is 5.88. The third-order valence-corrected chi connectivity index (χ3v) is 8.12. The van der Waals surface area contributed by atoms with E-state index in [1.807, 2.05) is 6.07 Å². The van der Waals surface area contributed by atoms with Gasteiger partial charge in [-0.2, -0.15) is 40.0 Å². The van der Waals surface area contributed by atoms with Crippen LogP contribution in [0.25, 0.3) is 10.4 Å². The Hall–Kier alpha value is -3.48. The number of amides is 1. The van der Waals surface area contributed by atoms with Crippen molar-refractivity contribution in [3.8, 4) is 16.5 Å². The molecule has 0 N–H and O–H groups in total. The molecule has 15 heteroatoms. The third-order valence-electron chi connectivity index (χ3n) is 6.39. The maximum atomic E-state index is 13.9. The highest BCUT2D eigenvalue weighted by atomic mass is 32.2. The average Bonchev–Trinajstić information content (AvgIpc) is 3.23. The Labute approximate surface area is 241 Å². The maximum Gasteiger partial charge on any atom is 0.416 e. The highest BCUT2D eigenvalue weighted by Crippen LogP contribution is 2.46. The van der Waals surface area contributed by atoms with Gasteiger partial charge in [-0.05, 0) is 67.8 Å². The van der Waals surface area contributed by atoms with Crippen LogP contribution < -0.4 is 4.90 Å². The number of carbonyl (C=O) groups is 1. The Morgan fingerprint density at radius 2 is 1.52 bits per heavy atom. The van der Waals surface area contributed by atoms with E-state index in [-0.39, 0.29) is 27.1 Å². The number of aryl methyl sites for hydroxylation is 1. The zero-order chi connectivity index (χ0) is 32.0. The molecule has 6 nitrogen and oxygen atoms in total. The number of hydrogen-bond donors (Lipinski definition) is 0. The molecule has 0 spiro atoms. The summed E-state index contributed by atoms with van der Waals surface area (Å²) in [4.78, 5) is 15.0. The second-order valence-corrected chi connectivity index (χ2v) is 12.6. The van der Waals surface area contributed by atoms with Crippen LogP contribution >= 0.6 is 11.3 Å². The van der Waals surface area contributed by atoms with Crippen molar-refractivity contribution in [2.75, 3.05) is 18.2 Å². The summed E-state index contributed by atoms with van der Waals surface area (Å²) in [5, 5.41) is 10.0. The fourth-order valence-electron chi connectivity index (χ4n) is 4.19. The minimum absolute atomic E-state index is 0.0517. The highest BCUT2D eigenvalue weighted by Gasteiger charge is 2.42. The molecule has 0 aliphatic heterocycles. The molecule has 0 aliphatic rings. The Morgan fingerprint density at radius 3 is 1.98 bits per heavy atom. The molecule has 0 atom stereocenters. The topological polar surface area (TPSA) is 87.5 Å². The molecule has 42 heavy (non-hydrogen) atoms. The molecule has 3 rings (SSSR count). The average molecular weight is 637 g/mol. The lowest BCUT2D eigenvalue weighted by atomic mass is 9.81. The van der Waals surface area contributed by atoms with E-state index >= 15 is 0 Å². The summed E-state index contributed by atoms with van der Waals surface area (Å²) >= 11 is 0.863. The van der Waals surface area contributed by atoms with Crippen LogP contribution in [0.15, 0.2) is 36.4 Å². The number of likely N-dealkylation sites (N-methyl/N-ethyl adjacent to an activating group) is 1. The van der Waals surface area contributed by atoms with Crippen LogP contribution in [0.4, 0.5) is 36.4 Å². The van der Waals surface area contributed by atoms with Crippen molar-refractivity contribution in [2.24, 2.45) is 0 Å². The molecule has 0 bridgehead atoms. The molecule has 0 unspecified atom stereocenters. The van der Waals surface area contributed by atoms with Crippen molar-refractivity contribution in [1.29, 1.82) is 5.26 Å². The van der Waals surface area contributed by atoms with Gasteiger partial charge in [-0.1, -0.05) is 6.07 Å². The predicted octanol–water partition coefficient (Wildman–Crippen LogP) is 7.19. The molecule has 0 fully saturated rings. The van der Waals surface area contributed by atoms with Gasteiger partial charge in [0.2, 0.25) is 5.91 Å². The minimum atomic E-state index is -5.15. The number of carbonyl (C=O) groups excluding carboxylic acids is 1. The lowest BCUT2D eigenvalue weighted by Crippen LogP contribution is -2.42. The molecule has 3 aromatic rings. The van der Waals surface area contributed by atoms with E-state index in [9.17, 15) is 49.2 Å². The van der Waals surface area contributed by atoms with Crippen molar-refractivity contribution in [2.45, 2.75) is 45.1 Å². The first kappa shape index (κ1) is 33.0. The fraction of sp³-hybridized carbons (Fsp3) is 0.333. The molecule has 0 saturated carbocycles. The molecular weight excluding hydrogens is 613 g/mol. The van der Waals surface area contributed by atoms with Crippen LogP contribution in [0, 0.1) is 24.1 Å². The number of nitriles is 1. The van der Waals surface area contributed by atoms with Crippen LogP contribution in [-0.4, -0.2) is 27.6 Å². The number of rotatable bonds is 7. The van der Waals surface area contributed by atoms with Gasteiger partial charge in [-0.15, -0.1) is 11.3 Å². The Bertz CT molecular complexity index is 1650. The zero-order valence-corrected chi connectivity index (χ0v) is 24.3. The Kier molecular flexibility index (Phi) is 8.89. The summed E-state index contributed by atoms with van der Waals surface area (Å²) in [6.45, 7) is 3.20. The first-order valence-electron chi connectivity index (χ1n) is 11.8. The predicted molar refractivity (Wildman–Crippen MR) is 142 cm³/mol. The lowest BCUT2D eigenvalue weighted by molar-refractivity contribution is -0.143. The van der Waals surface area contributed by atoms with Crippen molar-refractivity contribution in [3.05, 3.63) is 74.9 Å². The number of anilines is 1. The number of alkyl halides is 6. The maximum absolute atomic E-state index is 13.9. The van der Waals surface area contributed by atoms with E-state index in [1.54, 1.807) is 0 Å². The van der Waals surface area contributed by atoms with Crippen LogP contribution in [0.5, 0.6) is 0 Å². The van der Waals surface area contributed by atoms with E-state index in [2.05, 4.69) is 0 Å². The normalized spacial score (nSPS) is 12.7. The number of nitrogens with zero attached hydrogens (tertiary/aromatic N) is 2. The molecule has 1 aromatic heterocycles. The molecule has 2 aromatic carbocycles. The van der Waals surface area contributed by atoms with Crippen molar-refractivity contribution >= 4 is 33.0 Å². The summed E-state index contributed by atoms with van der Waals surface area (Å²) in [5.74, 6) is -1.58. The highest BCUT2D eigenvalue weighted by molar-refractivity contribution is 7.85. The van der Waals surface area contributed by atoms with Gasteiger partial charge < -0.3 is 4.90 Å². The Balaban J connectivity index is 2.25. The smallest absolute Gasteiger partial charge is 0.312 e. The number of thiophene rings is 1.